The molecule has 19 heavy (non-hydrogen) atoms. The van der Waals surface area contributed by atoms with Crippen molar-refractivity contribution in [2.45, 2.75) is 6.92 Å². The van der Waals surface area contributed by atoms with Crippen molar-refractivity contribution >= 4 is 17.3 Å². The van der Waals surface area contributed by atoms with E-state index < -0.39 is 0 Å². The number of nitrogens with zero attached hydrogens (tertiary/aromatic N) is 1. The molecule has 0 aromatic carbocycles. The Bertz CT molecular complexity index is 237. The zero-order valence-electron chi connectivity index (χ0n) is 11.1. The lowest BCUT2D eigenvalue weighted by Crippen LogP contribution is -2.13. The van der Waals surface area contributed by atoms with Crippen LogP contribution in [0.15, 0.2) is 0 Å². The molecule has 0 bridgehead atoms. The molecule has 0 aliphatic heterocycles. The lowest BCUT2D eigenvalue weighted by Gasteiger charge is -2.06. The molecule has 0 aliphatic carbocycles. The first kappa shape index (κ1) is 20.4. The van der Waals surface area contributed by atoms with Gasteiger partial charge in [0, 0.05) is 6.92 Å². The van der Waals surface area contributed by atoms with Gasteiger partial charge in [0.2, 0.25) is 4.91 Å². The molecule has 0 atom stereocenters. The van der Waals surface area contributed by atoms with Gasteiger partial charge in [-0.2, -0.15) is 0 Å². The van der Waals surface area contributed by atoms with E-state index in [1.807, 2.05) is 4.91 Å². The summed E-state index contributed by atoms with van der Waals surface area (Å²) < 4.78 is 20.5. The van der Waals surface area contributed by atoms with Crippen molar-refractivity contribution in [3.63, 3.8) is 0 Å². The largest absolute Gasteiger partial charge is 0.485 e. The maximum Gasteiger partial charge on any atom is 0.211 e. The molecule has 0 saturated carbocycles. The van der Waals surface area contributed by atoms with Crippen LogP contribution in [0.3, 0.4) is 0 Å². The lowest BCUT2D eigenvalue weighted by molar-refractivity contribution is 0.00316. The Morgan fingerprint density at radius 1 is 0.947 bits per heavy atom. The van der Waals surface area contributed by atoms with Gasteiger partial charge in [-0.05, 0) is 12.2 Å². The van der Waals surface area contributed by atoms with E-state index >= 15 is 0 Å². The fourth-order valence-electron chi connectivity index (χ4n) is 0.851. The Kier molecular flexibility index (Phi) is 20.8. The molecule has 0 fully saturated rings. The van der Waals surface area contributed by atoms with Crippen molar-refractivity contribution in [3.05, 3.63) is 0 Å². The molecule has 0 radical (unpaired) electrons. The van der Waals surface area contributed by atoms with Gasteiger partial charge in [0.25, 0.3) is 0 Å². The van der Waals surface area contributed by atoms with Crippen LogP contribution in [0, 0.1) is 11.1 Å². The molecule has 112 valence electrons. The molecule has 9 heteroatoms. The average molecular weight is 296 g/mol. The van der Waals surface area contributed by atoms with E-state index in [2.05, 4.69) is 0 Å². The van der Waals surface area contributed by atoms with E-state index in [4.69, 9.17) is 47.3 Å². The molecule has 0 spiro atoms. The summed E-state index contributed by atoms with van der Waals surface area (Å²) >= 11 is 4.73. The van der Waals surface area contributed by atoms with Gasteiger partial charge in [0.05, 0.1) is 46.2 Å². The maximum absolute atomic E-state index is 8.42. The summed E-state index contributed by atoms with van der Waals surface area (Å²) in [5, 5.41) is 8.95. The van der Waals surface area contributed by atoms with Crippen LogP contribution in [0.2, 0.25) is 0 Å². The predicted molar refractivity (Wildman–Crippen MR) is 71.3 cm³/mol. The predicted octanol–water partition coefficient (Wildman–Crippen LogP) is 0.508. The first-order valence-electron chi connectivity index (χ1n) is 5.69. The molecule has 0 amide bonds. The van der Waals surface area contributed by atoms with Crippen molar-refractivity contribution in [3.8, 4) is 0 Å². The van der Waals surface area contributed by atoms with Gasteiger partial charge in [-0.3, -0.25) is 0 Å². The number of nitrogens with one attached hydrogen (secondary N) is 2. The molecule has 0 rings (SSSR count). The summed E-state index contributed by atoms with van der Waals surface area (Å²) in [7, 11) is 0. The molecule has 0 aromatic heterocycles. The third-order valence-electron chi connectivity index (χ3n) is 1.51. The van der Waals surface area contributed by atoms with Crippen LogP contribution in [-0.4, -0.2) is 63.0 Å². The molecule has 8 nitrogen and oxygen atoms in total. The topological polar surface area (TPSA) is 119 Å². The van der Waals surface area contributed by atoms with Crippen LogP contribution in [0.1, 0.15) is 6.92 Å². The van der Waals surface area contributed by atoms with Crippen LogP contribution in [0.25, 0.3) is 0 Å². The summed E-state index contributed by atoms with van der Waals surface area (Å²) in [6, 6.07) is 0. The van der Waals surface area contributed by atoms with Crippen LogP contribution >= 0.6 is 12.2 Å². The molecule has 0 unspecified atom stereocenters. The highest BCUT2D eigenvalue weighted by Gasteiger charge is 1.92. The van der Waals surface area contributed by atoms with Gasteiger partial charge in [-0.1, -0.05) is 0 Å². The maximum atomic E-state index is 8.42. The van der Waals surface area contributed by atoms with Gasteiger partial charge in [0.15, 0.2) is 5.05 Å². The van der Waals surface area contributed by atoms with E-state index in [9.17, 15) is 0 Å². The van der Waals surface area contributed by atoms with Crippen LogP contribution < -0.4 is 4.91 Å². The Morgan fingerprint density at radius 3 is 1.68 bits per heavy atom. The monoisotopic (exact) mass is 296 g/mol. The fourth-order valence-corrected chi connectivity index (χ4v) is 0.934. The number of hydrogen-bond donors (Lipinski definition) is 3. The summed E-state index contributed by atoms with van der Waals surface area (Å²) in [5.74, 6) is 0. The van der Waals surface area contributed by atoms with E-state index in [1.165, 1.54) is 0 Å². The summed E-state index contributed by atoms with van der Waals surface area (Å²) in [4.78, 5) is 2.00. The molecule has 0 aliphatic rings. The quantitative estimate of drug-likeness (QED) is 0.221. The molecule has 0 saturated heterocycles. The van der Waals surface area contributed by atoms with E-state index in [-0.39, 0.29) is 6.61 Å². The van der Waals surface area contributed by atoms with E-state index in [1.54, 1.807) is 6.92 Å². The highest BCUT2D eigenvalue weighted by molar-refractivity contribution is 7.80. The number of ether oxygens (including phenoxy) is 4. The normalized spacial score (nSPS) is 9.16. The van der Waals surface area contributed by atoms with Crippen molar-refractivity contribution < 1.29 is 24.1 Å². The summed E-state index contributed by atoms with van der Waals surface area (Å²) in [6.07, 6.45) is 0. The van der Waals surface area contributed by atoms with Crippen molar-refractivity contribution in [1.29, 1.82) is 11.1 Å². The minimum absolute atomic E-state index is 0.0441. The highest BCUT2D eigenvalue weighted by Crippen LogP contribution is 1.84. The molecule has 0 aromatic rings. The second-order valence-corrected chi connectivity index (χ2v) is 3.59. The third kappa shape index (κ3) is 26.6. The minimum Gasteiger partial charge on any atom is -0.485 e. The van der Waals surface area contributed by atoms with Gasteiger partial charge < -0.3 is 24.1 Å². The van der Waals surface area contributed by atoms with E-state index in [0.29, 0.717) is 51.3 Å². The van der Waals surface area contributed by atoms with Crippen LogP contribution in [-0.2, 0) is 18.9 Å². The van der Waals surface area contributed by atoms with Crippen molar-refractivity contribution in [2.75, 3.05) is 52.9 Å². The van der Waals surface area contributed by atoms with Crippen LogP contribution in [0.5, 0.6) is 0 Å². The SMILES string of the molecule is CC(=S)OCCOCCOCCOCCO.N=[N+]=N. The summed E-state index contributed by atoms with van der Waals surface area (Å²) in [5.41, 5.74) is 11.0. The Morgan fingerprint density at radius 2 is 1.32 bits per heavy atom. The number of thiocarbonyl (C=S) groups is 1. The second kappa shape index (κ2) is 19.4. The van der Waals surface area contributed by atoms with Gasteiger partial charge >= 0.3 is 0 Å². The number of hydrogen-bond acceptors (Lipinski definition) is 8. The van der Waals surface area contributed by atoms with E-state index in [0.717, 1.165) is 0 Å². The highest BCUT2D eigenvalue weighted by atomic mass is 32.1. The number of aliphatic hydroxyl groups excluding tert-OH is 1. The lowest BCUT2D eigenvalue weighted by atomic mass is 10.7. The van der Waals surface area contributed by atoms with Crippen molar-refractivity contribution in [1.82, 2.24) is 4.91 Å². The first-order valence-corrected chi connectivity index (χ1v) is 6.10. The third-order valence-corrected chi connectivity index (χ3v) is 1.63. The molecular weight excluding hydrogens is 274 g/mol. The first-order chi connectivity index (χ1) is 9.18. The summed E-state index contributed by atoms with van der Waals surface area (Å²) in [6.45, 7) is 5.18. The zero-order chi connectivity index (χ0) is 14.8. The van der Waals surface area contributed by atoms with Gasteiger partial charge in [0.1, 0.15) is 17.7 Å². The zero-order valence-corrected chi connectivity index (χ0v) is 11.9. The Balaban J connectivity index is 0. The standard InChI is InChI=1S/C10H20O5S.H2N3/c1-10(16)15-9-8-14-7-6-13-5-4-12-3-2-11;1-3-2/h11H,2-9H2,1H3;1-2H/q;+1. The fraction of sp³-hybridized carbons (Fsp3) is 0.900. The average Bonchev–Trinajstić information content (AvgIpc) is 2.36. The number of aliphatic hydroxyl groups is 1. The molecular formula is C10H22N3O5S+. The molecule has 0 heterocycles. The van der Waals surface area contributed by atoms with Crippen LogP contribution in [0.4, 0.5) is 0 Å². The Hall–Kier alpha value is -0.960. The number of rotatable bonds is 11. The minimum atomic E-state index is 0.0441. The molecule has 3 N–H and O–H groups in total. The van der Waals surface area contributed by atoms with Gasteiger partial charge in [-0.15, -0.1) is 0 Å². The Labute approximate surface area is 118 Å². The smallest absolute Gasteiger partial charge is 0.211 e. The van der Waals surface area contributed by atoms with Gasteiger partial charge in [-0.25, -0.2) is 0 Å². The van der Waals surface area contributed by atoms with Crippen molar-refractivity contribution in [2.24, 2.45) is 0 Å². The second-order valence-electron chi connectivity index (χ2n) is 3.01.